The van der Waals surface area contributed by atoms with Gasteiger partial charge in [0.1, 0.15) is 22.4 Å². The molecule has 0 atom stereocenters. The quantitative estimate of drug-likeness (QED) is 0.590. The minimum atomic E-state index is -0.726. The van der Waals surface area contributed by atoms with Crippen molar-refractivity contribution < 1.29 is 4.21 Å². The maximum absolute atomic E-state index is 11.8. The fraction of sp³-hybridized carbons (Fsp3) is 0.625. The van der Waals surface area contributed by atoms with Crippen molar-refractivity contribution in [2.45, 2.75) is 11.9 Å². The summed E-state index contributed by atoms with van der Waals surface area (Å²) in [5.41, 5.74) is 1.62. The van der Waals surface area contributed by atoms with Gasteiger partial charge < -0.3 is 15.1 Å². The van der Waals surface area contributed by atoms with E-state index in [1.165, 1.54) is 0 Å². The van der Waals surface area contributed by atoms with Gasteiger partial charge in [-0.1, -0.05) is 6.92 Å². The Hall–Kier alpha value is -1.52. The number of nitrogens with zero attached hydrogens (tertiary/aromatic N) is 6. The van der Waals surface area contributed by atoms with Crippen LogP contribution < -0.4 is 15.1 Å². The van der Waals surface area contributed by atoms with Gasteiger partial charge in [-0.25, -0.2) is 15.0 Å². The smallest absolute Gasteiger partial charge is 0.228 e. The Kier molecular flexibility index (Phi) is 5.51. The number of rotatable bonds is 4. The standard InChI is InChI=1S/C16H23N7OS2/c1-2-25-15-13-12(18-11-19-15)14(22-7-9-26(24)10-8-22)21-16(20-13)23-5-3-17-4-6-23/h11,17H,2-10H2,1H3. The summed E-state index contributed by atoms with van der Waals surface area (Å²) < 4.78 is 11.8. The van der Waals surface area contributed by atoms with Crippen LogP contribution >= 0.6 is 11.8 Å². The molecule has 0 amide bonds. The minimum Gasteiger partial charge on any atom is -0.353 e. The van der Waals surface area contributed by atoms with E-state index in [4.69, 9.17) is 9.97 Å². The van der Waals surface area contributed by atoms with E-state index in [1.54, 1.807) is 18.1 Å². The molecule has 10 heteroatoms. The Morgan fingerprint density at radius 3 is 2.58 bits per heavy atom. The molecule has 2 aromatic rings. The van der Waals surface area contributed by atoms with Crippen LogP contribution in [-0.4, -0.2) is 80.7 Å². The number of hydrogen-bond acceptors (Lipinski definition) is 9. The van der Waals surface area contributed by atoms with E-state index in [-0.39, 0.29) is 0 Å². The molecule has 2 aromatic heterocycles. The summed E-state index contributed by atoms with van der Waals surface area (Å²) in [6.07, 6.45) is 1.60. The minimum absolute atomic E-state index is 0.677. The van der Waals surface area contributed by atoms with E-state index >= 15 is 0 Å². The summed E-state index contributed by atoms with van der Waals surface area (Å²) in [7, 11) is -0.726. The van der Waals surface area contributed by atoms with Gasteiger partial charge in [0.05, 0.1) is 0 Å². The number of nitrogens with one attached hydrogen (secondary N) is 1. The summed E-state index contributed by atoms with van der Waals surface area (Å²) in [6, 6.07) is 0. The maximum atomic E-state index is 11.8. The van der Waals surface area contributed by atoms with Crippen LogP contribution in [0.15, 0.2) is 11.4 Å². The Bertz CT molecular complexity index is 803. The molecule has 0 aromatic carbocycles. The molecule has 0 aliphatic carbocycles. The second-order valence-corrected chi connectivity index (χ2v) is 9.18. The molecule has 1 N–H and O–H groups in total. The first-order valence-electron chi connectivity index (χ1n) is 8.97. The third-order valence-corrected chi connectivity index (χ3v) is 6.71. The molecule has 140 valence electrons. The van der Waals surface area contributed by atoms with Crippen LogP contribution in [0.5, 0.6) is 0 Å². The number of anilines is 2. The van der Waals surface area contributed by atoms with Crippen molar-refractivity contribution in [3.05, 3.63) is 6.33 Å². The Balaban J connectivity index is 1.81. The first kappa shape index (κ1) is 17.9. The molecule has 2 aliphatic rings. The van der Waals surface area contributed by atoms with Gasteiger partial charge in [0.25, 0.3) is 0 Å². The Morgan fingerprint density at radius 2 is 1.85 bits per heavy atom. The largest absolute Gasteiger partial charge is 0.353 e. The van der Waals surface area contributed by atoms with Crippen LogP contribution in [0.4, 0.5) is 11.8 Å². The van der Waals surface area contributed by atoms with E-state index in [2.05, 4.69) is 32.0 Å². The van der Waals surface area contributed by atoms with Crippen molar-refractivity contribution >= 4 is 45.4 Å². The van der Waals surface area contributed by atoms with E-state index in [0.29, 0.717) is 11.5 Å². The summed E-state index contributed by atoms with van der Waals surface area (Å²) in [6.45, 7) is 7.22. The molecule has 0 bridgehead atoms. The highest BCUT2D eigenvalue weighted by molar-refractivity contribution is 7.99. The van der Waals surface area contributed by atoms with Gasteiger partial charge in [-0.15, -0.1) is 11.8 Å². The SMILES string of the molecule is CCSc1ncnc2c(N3CCS(=O)CC3)nc(N3CCNCC3)nc12. The fourth-order valence-corrected chi connectivity index (χ4v) is 4.94. The molecule has 0 unspecified atom stereocenters. The van der Waals surface area contributed by atoms with Crippen LogP contribution in [0.2, 0.25) is 0 Å². The predicted octanol–water partition coefficient (Wildman–Crippen LogP) is 0.510. The number of aromatic nitrogens is 4. The third kappa shape index (κ3) is 3.63. The average Bonchev–Trinajstić information content (AvgIpc) is 2.69. The van der Waals surface area contributed by atoms with Gasteiger partial charge in [-0.3, -0.25) is 4.21 Å². The van der Waals surface area contributed by atoms with Crippen LogP contribution in [0, 0.1) is 0 Å². The van der Waals surface area contributed by atoms with Gasteiger partial charge in [0, 0.05) is 61.6 Å². The summed E-state index contributed by atoms with van der Waals surface area (Å²) in [5, 5.41) is 4.27. The molecule has 26 heavy (non-hydrogen) atoms. The lowest BCUT2D eigenvalue weighted by Gasteiger charge is -2.31. The van der Waals surface area contributed by atoms with Crippen molar-refractivity contribution in [3.8, 4) is 0 Å². The molecule has 0 saturated carbocycles. The summed E-state index contributed by atoms with van der Waals surface area (Å²) >= 11 is 1.68. The van der Waals surface area contributed by atoms with Gasteiger partial charge in [0.2, 0.25) is 5.95 Å². The normalized spacial score (nSPS) is 19.3. The lowest BCUT2D eigenvalue weighted by molar-refractivity contribution is 0.580. The topological polar surface area (TPSA) is 87.1 Å². The molecule has 4 heterocycles. The molecule has 0 spiro atoms. The molecule has 4 rings (SSSR count). The third-order valence-electron chi connectivity index (χ3n) is 4.58. The zero-order chi connectivity index (χ0) is 17.9. The average molecular weight is 394 g/mol. The first-order valence-corrected chi connectivity index (χ1v) is 11.4. The molecule has 2 saturated heterocycles. The van der Waals surface area contributed by atoms with Crippen LogP contribution in [0.25, 0.3) is 11.0 Å². The predicted molar refractivity (Wildman–Crippen MR) is 107 cm³/mol. The Labute approximate surface area is 159 Å². The number of hydrogen-bond donors (Lipinski definition) is 1. The molecular weight excluding hydrogens is 370 g/mol. The zero-order valence-electron chi connectivity index (χ0n) is 14.8. The van der Waals surface area contributed by atoms with E-state index in [0.717, 1.165) is 72.8 Å². The highest BCUT2D eigenvalue weighted by atomic mass is 32.2. The molecule has 2 fully saturated rings. The number of piperazine rings is 1. The van der Waals surface area contributed by atoms with Crippen LogP contribution in [-0.2, 0) is 10.8 Å². The maximum Gasteiger partial charge on any atom is 0.228 e. The van der Waals surface area contributed by atoms with Crippen LogP contribution in [0.3, 0.4) is 0 Å². The van der Waals surface area contributed by atoms with Gasteiger partial charge in [-0.05, 0) is 5.75 Å². The zero-order valence-corrected chi connectivity index (χ0v) is 16.5. The highest BCUT2D eigenvalue weighted by Gasteiger charge is 2.24. The number of fused-ring (bicyclic) bond motifs is 1. The van der Waals surface area contributed by atoms with Crippen molar-refractivity contribution in [2.75, 3.05) is 66.3 Å². The molecule has 8 nitrogen and oxygen atoms in total. The number of thioether (sulfide) groups is 1. The van der Waals surface area contributed by atoms with Crippen molar-refractivity contribution in [1.82, 2.24) is 25.3 Å². The molecular formula is C16H23N7OS2. The van der Waals surface area contributed by atoms with Crippen LogP contribution in [0.1, 0.15) is 6.92 Å². The van der Waals surface area contributed by atoms with Gasteiger partial charge in [-0.2, -0.15) is 4.98 Å². The molecule has 2 aliphatic heterocycles. The lowest BCUT2D eigenvalue weighted by Crippen LogP contribution is -2.44. The fourth-order valence-electron chi connectivity index (χ4n) is 3.22. The van der Waals surface area contributed by atoms with Crippen molar-refractivity contribution in [2.24, 2.45) is 0 Å². The second-order valence-electron chi connectivity index (χ2n) is 6.23. The summed E-state index contributed by atoms with van der Waals surface area (Å²) in [5.74, 6) is 3.87. The Morgan fingerprint density at radius 1 is 1.08 bits per heavy atom. The lowest BCUT2D eigenvalue weighted by atomic mass is 10.3. The monoisotopic (exact) mass is 393 g/mol. The molecule has 0 radical (unpaired) electrons. The van der Waals surface area contributed by atoms with Gasteiger partial charge >= 0.3 is 0 Å². The van der Waals surface area contributed by atoms with Crippen molar-refractivity contribution in [1.29, 1.82) is 0 Å². The van der Waals surface area contributed by atoms with E-state index < -0.39 is 10.8 Å². The second kappa shape index (κ2) is 8.01. The van der Waals surface area contributed by atoms with E-state index in [9.17, 15) is 4.21 Å². The van der Waals surface area contributed by atoms with E-state index in [1.807, 2.05) is 0 Å². The highest BCUT2D eigenvalue weighted by Crippen LogP contribution is 2.30. The first-order chi connectivity index (χ1) is 12.8. The van der Waals surface area contributed by atoms with Crippen molar-refractivity contribution in [3.63, 3.8) is 0 Å². The van der Waals surface area contributed by atoms with Gasteiger partial charge in [0.15, 0.2) is 5.82 Å². The summed E-state index contributed by atoms with van der Waals surface area (Å²) in [4.78, 5) is 23.1.